The molecule has 0 amide bonds. The van der Waals surface area contributed by atoms with Gasteiger partial charge in [0.1, 0.15) is 0 Å². The Kier molecular flexibility index (Phi) is 4.54. The van der Waals surface area contributed by atoms with Gasteiger partial charge in [-0.1, -0.05) is 43.2 Å². The molecule has 0 aliphatic heterocycles. The highest BCUT2D eigenvalue weighted by Gasteiger charge is 2.24. The van der Waals surface area contributed by atoms with Crippen molar-refractivity contribution in [3.8, 4) is 6.07 Å². The largest absolute Gasteiger partial charge is 0.297 e. The van der Waals surface area contributed by atoms with Crippen molar-refractivity contribution in [2.45, 2.75) is 38.3 Å². The molecule has 3 heteroatoms. The number of benzene rings is 1. The zero-order valence-corrected chi connectivity index (χ0v) is 9.93. The summed E-state index contributed by atoms with van der Waals surface area (Å²) in [5.74, 6) is 0.0968. The highest BCUT2D eigenvalue weighted by atomic mass is 16.6. The molecule has 2 atom stereocenters. The van der Waals surface area contributed by atoms with Gasteiger partial charge in [0.05, 0.1) is 18.6 Å². The van der Waals surface area contributed by atoms with Crippen LogP contribution in [-0.4, -0.2) is 6.04 Å². The van der Waals surface area contributed by atoms with Crippen LogP contribution >= 0.6 is 0 Å². The summed E-state index contributed by atoms with van der Waals surface area (Å²) in [7, 11) is 0. The summed E-state index contributed by atoms with van der Waals surface area (Å²) in [6.45, 7) is 0.551. The fourth-order valence-electron chi connectivity index (χ4n) is 2.23. The van der Waals surface area contributed by atoms with Gasteiger partial charge < -0.3 is 0 Å². The molecule has 90 valence electrons. The van der Waals surface area contributed by atoms with Crippen molar-refractivity contribution in [3.05, 3.63) is 35.9 Å². The molecule has 2 unspecified atom stereocenters. The Morgan fingerprint density at radius 3 is 2.76 bits per heavy atom. The van der Waals surface area contributed by atoms with Gasteiger partial charge in [-0.25, -0.2) is 0 Å². The first kappa shape index (κ1) is 12.1. The van der Waals surface area contributed by atoms with E-state index in [1.807, 2.05) is 30.3 Å². The molecule has 0 saturated heterocycles. The van der Waals surface area contributed by atoms with Crippen molar-refractivity contribution in [2.75, 3.05) is 0 Å². The average Bonchev–Trinajstić information content (AvgIpc) is 2.40. The summed E-state index contributed by atoms with van der Waals surface area (Å²) < 4.78 is 0. The van der Waals surface area contributed by atoms with Crippen LogP contribution in [0.4, 0.5) is 0 Å². The average molecular weight is 230 g/mol. The van der Waals surface area contributed by atoms with E-state index in [1.54, 1.807) is 0 Å². The number of hydrogen-bond donors (Lipinski definition) is 1. The van der Waals surface area contributed by atoms with Gasteiger partial charge >= 0.3 is 0 Å². The first-order chi connectivity index (χ1) is 8.40. The Morgan fingerprint density at radius 1 is 1.24 bits per heavy atom. The fourth-order valence-corrected chi connectivity index (χ4v) is 2.23. The number of nitrogens with zero attached hydrogens (tertiary/aromatic N) is 1. The van der Waals surface area contributed by atoms with E-state index in [-0.39, 0.29) is 12.0 Å². The van der Waals surface area contributed by atoms with Crippen molar-refractivity contribution in [2.24, 2.45) is 5.92 Å². The third-order valence-corrected chi connectivity index (χ3v) is 3.25. The molecule has 1 aromatic rings. The number of hydroxylamine groups is 1. The molecule has 3 nitrogen and oxygen atoms in total. The summed E-state index contributed by atoms with van der Waals surface area (Å²) in [5.41, 5.74) is 4.19. The molecule has 0 heterocycles. The predicted octanol–water partition coefficient (Wildman–Crippen LogP) is 2.79. The molecule has 1 aliphatic carbocycles. The van der Waals surface area contributed by atoms with Gasteiger partial charge in [0.2, 0.25) is 0 Å². The second-order valence-corrected chi connectivity index (χ2v) is 4.52. The van der Waals surface area contributed by atoms with Crippen molar-refractivity contribution >= 4 is 0 Å². The van der Waals surface area contributed by atoms with Crippen LogP contribution in [0.25, 0.3) is 0 Å². The molecule has 1 saturated carbocycles. The van der Waals surface area contributed by atoms with E-state index in [0.29, 0.717) is 6.61 Å². The molecule has 0 spiro atoms. The molecule has 0 aromatic heterocycles. The lowest BCUT2D eigenvalue weighted by molar-refractivity contribution is -0.0130. The van der Waals surface area contributed by atoms with Gasteiger partial charge in [-0.2, -0.15) is 10.7 Å². The molecule has 1 fully saturated rings. The smallest absolute Gasteiger partial charge is 0.0933 e. The van der Waals surface area contributed by atoms with Crippen LogP contribution in [0.2, 0.25) is 0 Å². The Labute approximate surface area is 102 Å². The normalized spacial score (nSPS) is 24.2. The van der Waals surface area contributed by atoms with Crippen molar-refractivity contribution < 1.29 is 4.84 Å². The van der Waals surface area contributed by atoms with Crippen molar-refractivity contribution in [3.63, 3.8) is 0 Å². The lowest BCUT2D eigenvalue weighted by Crippen LogP contribution is -2.37. The van der Waals surface area contributed by atoms with E-state index >= 15 is 0 Å². The van der Waals surface area contributed by atoms with Crippen LogP contribution in [-0.2, 0) is 11.4 Å². The minimum atomic E-state index is 0.0968. The molecule has 0 radical (unpaired) electrons. The van der Waals surface area contributed by atoms with E-state index in [1.165, 1.54) is 6.42 Å². The van der Waals surface area contributed by atoms with Gasteiger partial charge in [-0.3, -0.25) is 4.84 Å². The third-order valence-electron chi connectivity index (χ3n) is 3.25. The quantitative estimate of drug-likeness (QED) is 0.809. The van der Waals surface area contributed by atoms with Gasteiger partial charge in [0.25, 0.3) is 0 Å². The van der Waals surface area contributed by atoms with E-state index in [9.17, 15) is 0 Å². The Hall–Kier alpha value is -1.37. The second-order valence-electron chi connectivity index (χ2n) is 4.52. The first-order valence-electron chi connectivity index (χ1n) is 6.21. The molecule has 1 aromatic carbocycles. The number of nitrogens with one attached hydrogen (secondary N) is 1. The van der Waals surface area contributed by atoms with E-state index in [0.717, 1.165) is 24.8 Å². The second kappa shape index (κ2) is 6.39. The standard InChI is InChI=1S/C14H18N2O/c15-10-13-8-4-5-9-14(13)16-17-11-12-6-2-1-3-7-12/h1-3,6-7,13-14,16H,4-5,8-9,11H2. The maximum Gasteiger partial charge on any atom is 0.0933 e. The summed E-state index contributed by atoms with van der Waals surface area (Å²) in [6, 6.07) is 12.6. The Bertz CT molecular complexity index is 372. The lowest BCUT2D eigenvalue weighted by Gasteiger charge is -2.27. The molecule has 17 heavy (non-hydrogen) atoms. The summed E-state index contributed by atoms with van der Waals surface area (Å²) in [5, 5.41) is 9.03. The molecule has 1 aliphatic rings. The zero-order valence-electron chi connectivity index (χ0n) is 9.93. The molecular formula is C14H18N2O. The molecule has 0 bridgehead atoms. The fraction of sp³-hybridized carbons (Fsp3) is 0.500. The maximum atomic E-state index is 9.03. The summed E-state index contributed by atoms with van der Waals surface area (Å²) in [6.07, 6.45) is 4.37. The monoisotopic (exact) mass is 230 g/mol. The lowest BCUT2D eigenvalue weighted by atomic mass is 9.86. The number of nitriles is 1. The minimum absolute atomic E-state index is 0.0968. The van der Waals surface area contributed by atoms with Crippen LogP contribution in [0.5, 0.6) is 0 Å². The Balaban J connectivity index is 1.76. The van der Waals surface area contributed by atoms with Crippen LogP contribution in [0.3, 0.4) is 0 Å². The van der Waals surface area contributed by atoms with Crippen LogP contribution in [0.15, 0.2) is 30.3 Å². The van der Waals surface area contributed by atoms with E-state index in [4.69, 9.17) is 10.1 Å². The highest BCUT2D eigenvalue weighted by molar-refractivity contribution is 5.13. The molecular weight excluding hydrogens is 212 g/mol. The van der Waals surface area contributed by atoms with Gasteiger partial charge in [0, 0.05) is 6.04 Å². The zero-order chi connectivity index (χ0) is 11.9. The van der Waals surface area contributed by atoms with E-state index in [2.05, 4.69) is 11.5 Å². The summed E-state index contributed by atoms with van der Waals surface area (Å²) >= 11 is 0. The Morgan fingerprint density at radius 2 is 2.00 bits per heavy atom. The maximum absolute atomic E-state index is 9.03. The minimum Gasteiger partial charge on any atom is -0.297 e. The van der Waals surface area contributed by atoms with Gasteiger partial charge in [0.15, 0.2) is 0 Å². The number of rotatable bonds is 4. The van der Waals surface area contributed by atoms with Crippen molar-refractivity contribution in [1.29, 1.82) is 5.26 Å². The van der Waals surface area contributed by atoms with E-state index < -0.39 is 0 Å². The van der Waals surface area contributed by atoms with Crippen LogP contribution in [0, 0.1) is 17.2 Å². The SMILES string of the molecule is N#CC1CCCCC1NOCc1ccccc1. The van der Waals surface area contributed by atoms with Gasteiger partial charge in [-0.05, 0) is 18.4 Å². The molecule has 1 N–H and O–H groups in total. The third kappa shape index (κ3) is 3.55. The van der Waals surface area contributed by atoms with Crippen LogP contribution < -0.4 is 5.48 Å². The predicted molar refractivity (Wildman–Crippen MR) is 65.7 cm³/mol. The van der Waals surface area contributed by atoms with Crippen molar-refractivity contribution in [1.82, 2.24) is 5.48 Å². The topological polar surface area (TPSA) is 45.0 Å². The number of hydrogen-bond acceptors (Lipinski definition) is 3. The summed E-state index contributed by atoms with van der Waals surface area (Å²) in [4.78, 5) is 5.49. The molecule has 2 rings (SSSR count). The highest BCUT2D eigenvalue weighted by Crippen LogP contribution is 2.23. The van der Waals surface area contributed by atoms with Crippen LogP contribution in [0.1, 0.15) is 31.2 Å². The van der Waals surface area contributed by atoms with Gasteiger partial charge in [-0.15, -0.1) is 0 Å². The first-order valence-corrected chi connectivity index (χ1v) is 6.21.